The molecule has 0 spiro atoms. The highest BCUT2D eigenvalue weighted by molar-refractivity contribution is 7.46. The van der Waals surface area contributed by atoms with E-state index in [4.69, 9.17) is 25.7 Å². The average molecular weight is 508 g/mol. The minimum atomic E-state index is -4.95. The van der Waals surface area contributed by atoms with Crippen LogP contribution in [0.5, 0.6) is 0 Å². The van der Waals surface area contributed by atoms with Crippen LogP contribution in [0.3, 0.4) is 0 Å². The molecule has 0 aliphatic rings. The molecule has 0 bridgehead atoms. The molecule has 1 heterocycles. The second kappa shape index (κ2) is 11.5. The fourth-order valence-corrected chi connectivity index (χ4v) is 3.22. The van der Waals surface area contributed by atoms with Crippen molar-refractivity contribution in [2.24, 2.45) is 10.7 Å². The van der Waals surface area contributed by atoms with Crippen LogP contribution < -0.4 is 16.0 Å². The summed E-state index contributed by atoms with van der Waals surface area (Å²) in [6, 6.07) is 4.22. The Morgan fingerprint density at radius 1 is 1.31 bits per heavy atom. The normalized spacial score (nSPS) is 11.6. The van der Waals surface area contributed by atoms with Gasteiger partial charge in [0.15, 0.2) is 5.84 Å². The van der Waals surface area contributed by atoms with Gasteiger partial charge >= 0.3 is 13.9 Å². The summed E-state index contributed by atoms with van der Waals surface area (Å²) in [6.45, 7) is 4.20. The number of anilines is 1. The highest BCUT2D eigenvalue weighted by Crippen LogP contribution is 2.35. The number of carbonyl (C=O) groups excluding carboxylic acids is 3. The van der Waals surface area contributed by atoms with E-state index in [-0.39, 0.29) is 28.3 Å². The number of amidine groups is 1. The standard InChI is InChI=1S/C20H25N6O8P/c1-4-23-19(28)14-8-24-16(12(14)3)18(25-9-21)26(20(29)33-10-34-35(30,31)32)15-7-13(17(22)27)6-5-11(15)2/h5-9,21,24H,4,10H2,1-3H3,(H2,22,27)(H,23,28)(H2,30,31,32)/b21-9?,25-18+. The average Bonchev–Trinajstić information content (AvgIpc) is 3.14. The number of primary amides is 1. The number of benzene rings is 1. The van der Waals surface area contributed by atoms with E-state index in [0.29, 0.717) is 24.0 Å². The molecule has 188 valence electrons. The fourth-order valence-electron chi connectivity index (χ4n) is 3.03. The predicted octanol–water partition coefficient (Wildman–Crippen LogP) is 1.54. The molecule has 15 heteroatoms. The van der Waals surface area contributed by atoms with Crippen LogP contribution in [0.25, 0.3) is 0 Å². The third kappa shape index (κ3) is 6.83. The molecule has 2 rings (SSSR count). The van der Waals surface area contributed by atoms with E-state index in [1.807, 2.05) is 0 Å². The lowest BCUT2D eigenvalue weighted by atomic mass is 10.1. The van der Waals surface area contributed by atoms with Crippen molar-refractivity contribution >= 4 is 43.6 Å². The Hall–Kier alpha value is -3.84. The van der Waals surface area contributed by atoms with Crippen LogP contribution in [0.15, 0.2) is 29.4 Å². The number of ether oxygens (including phenoxy) is 1. The molecular weight excluding hydrogens is 483 g/mol. The zero-order valence-electron chi connectivity index (χ0n) is 19.1. The first kappa shape index (κ1) is 27.4. The summed E-state index contributed by atoms with van der Waals surface area (Å²) in [5.74, 6) is -1.39. The smallest absolute Gasteiger partial charge is 0.421 e. The number of hydrogen-bond acceptors (Lipinski definition) is 7. The van der Waals surface area contributed by atoms with E-state index < -0.39 is 32.5 Å². The zero-order chi connectivity index (χ0) is 26.3. The first-order valence-corrected chi connectivity index (χ1v) is 11.5. The minimum Gasteiger partial charge on any atom is -0.421 e. The summed E-state index contributed by atoms with van der Waals surface area (Å²) in [5, 5.41) is 10.2. The SMILES string of the molecule is CCNC(=O)c1c[nH]c(/C(=N\C=N)N(C(=O)OCOP(=O)(O)O)c2cc(C(N)=O)ccc2C)c1C. The first-order valence-electron chi connectivity index (χ1n) is 10.0. The van der Waals surface area contributed by atoms with Gasteiger partial charge in [-0.05, 0) is 44.0 Å². The van der Waals surface area contributed by atoms with Gasteiger partial charge in [0.25, 0.3) is 5.91 Å². The van der Waals surface area contributed by atoms with Crippen LogP contribution in [0.2, 0.25) is 0 Å². The predicted molar refractivity (Wildman–Crippen MR) is 126 cm³/mol. The molecule has 0 aliphatic carbocycles. The van der Waals surface area contributed by atoms with Crippen molar-refractivity contribution in [3.8, 4) is 0 Å². The van der Waals surface area contributed by atoms with Crippen molar-refractivity contribution in [2.45, 2.75) is 20.8 Å². The summed E-state index contributed by atoms with van der Waals surface area (Å²) in [7, 11) is -4.95. The fraction of sp³-hybridized carbons (Fsp3) is 0.250. The van der Waals surface area contributed by atoms with Crippen molar-refractivity contribution in [1.29, 1.82) is 5.41 Å². The van der Waals surface area contributed by atoms with Gasteiger partial charge in [-0.3, -0.25) is 15.0 Å². The van der Waals surface area contributed by atoms with Gasteiger partial charge < -0.3 is 30.6 Å². The van der Waals surface area contributed by atoms with Crippen LogP contribution >= 0.6 is 7.82 Å². The molecule has 35 heavy (non-hydrogen) atoms. The highest BCUT2D eigenvalue weighted by Gasteiger charge is 2.30. The van der Waals surface area contributed by atoms with Crippen LogP contribution in [0, 0.1) is 19.3 Å². The molecule has 0 fully saturated rings. The highest BCUT2D eigenvalue weighted by atomic mass is 31.2. The van der Waals surface area contributed by atoms with Crippen molar-refractivity contribution in [3.63, 3.8) is 0 Å². The maximum atomic E-state index is 13.1. The Labute approximate surface area is 199 Å². The van der Waals surface area contributed by atoms with Gasteiger partial charge in [-0.1, -0.05) is 6.07 Å². The summed E-state index contributed by atoms with van der Waals surface area (Å²) in [4.78, 5) is 62.7. The molecule has 0 radical (unpaired) electrons. The van der Waals surface area contributed by atoms with Crippen molar-refractivity contribution in [3.05, 3.63) is 52.3 Å². The summed E-state index contributed by atoms with van der Waals surface area (Å²) >= 11 is 0. The lowest BCUT2D eigenvalue weighted by molar-refractivity contribution is 0.0449. The van der Waals surface area contributed by atoms with E-state index in [1.165, 1.54) is 24.4 Å². The molecule has 1 aromatic carbocycles. The molecule has 14 nitrogen and oxygen atoms in total. The van der Waals surface area contributed by atoms with Crippen LogP contribution in [0.4, 0.5) is 10.5 Å². The number of hydrogen-bond donors (Lipinski definition) is 6. The van der Waals surface area contributed by atoms with E-state index in [1.54, 1.807) is 20.8 Å². The molecule has 0 atom stereocenters. The second-order valence-corrected chi connectivity index (χ2v) is 8.23. The van der Waals surface area contributed by atoms with Crippen molar-refractivity contribution < 1.29 is 38.0 Å². The monoisotopic (exact) mass is 508 g/mol. The number of phosphoric ester groups is 1. The quantitative estimate of drug-likeness (QED) is 0.126. The zero-order valence-corrected chi connectivity index (χ0v) is 20.0. The molecule has 7 N–H and O–H groups in total. The number of aromatic nitrogens is 1. The molecular formula is C20H25N6O8P. The number of aryl methyl sites for hydroxylation is 1. The molecule has 0 unspecified atom stereocenters. The maximum Gasteiger partial charge on any atom is 0.472 e. The first-order chi connectivity index (χ1) is 16.4. The van der Waals surface area contributed by atoms with Gasteiger partial charge in [-0.15, -0.1) is 0 Å². The number of rotatable bonds is 9. The van der Waals surface area contributed by atoms with Gasteiger partial charge in [-0.25, -0.2) is 23.8 Å². The molecule has 0 saturated heterocycles. The van der Waals surface area contributed by atoms with Crippen LogP contribution in [0.1, 0.15) is 44.5 Å². The molecule has 2 aromatic rings. The Morgan fingerprint density at radius 3 is 2.57 bits per heavy atom. The van der Waals surface area contributed by atoms with Gasteiger partial charge in [0.2, 0.25) is 12.7 Å². The van der Waals surface area contributed by atoms with Gasteiger partial charge in [0.05, 0.1) is 16.9 Å². The minimum absolute atomic E-state index is 0.0373. The number of nitrogens with zero attached hydrogens (tertiary/aromatic N) is 2. The Balaban J connectivity index is 2.67. The largest absolute Gasteiger partial charge is 0.472 e. The van der Waals surface area contributed by atoms with Gasteiger partial charge in [-0.2, -0.15) is 0 Å². The molecule has 1 aromatic heterocycles. The molecule has 0 aliphatic heterocycles. The van der Waals surface area contributed by atoms with Crippen molar-refractivity contribution in [1.82, 2.24) is 10.3 Å². The lowest BCUT2D eigenvalue weighted by Gasteiger charge is -2.25. The van der Waals surface area contributed by atoms with E-state index in [2.05, 4.69) is 19.8 Å². The Bertz CT molecular complexity index is 1220. The lowest BCUT2D eigenvalue weighted by Crippen LogP contribution is -2.40. The van der Waals surface area contributed by atoms with Gasteiger partial charge in [0, 0.05) is 18.3 Å². The van der Waals surface area contributed by atoms with Crippen LogP contribution in [-0.4, -0.2) is 58.2 Å². The number of amides is 3. The number of carbonyl (C=O) groups is 3. The molecule has 3 amide bonds. The Morgan fingerprint density at radius 2 is 2.00 bits per heavy atom. The number of aromatic amines is 1. The second-order valence-electron chi connectivity index (χ2n) is 6.99. The Kier molecular flexibility index (Phi) is 9.03. The summed E-state index contributed by atoms with van der Waals surface area (Å²) in [6.07, 6.45) is 0.820. The van der Waals surface area contributed by atoms with E-state index in [9.17, 15) is 18.9 Å². The van der Waals surface area contributed by atoms with E-state index in [0.717, 1.165) is 4.90 Å². The third-order valence-electron chi connectivity index (χ3n) is 4.66. The number of H-pyrrole nitrogens is 1. The summed E-state index contributed by atoms with van der Waals surface area (Å²) in [5.41, 5.74) is 6.72. The number of aliphatic imine (C=N–C) groups is 1. The number of phosphoric acid groups is 1. The third-order valence-corrected chi connectivity index (χ3v) is 5.11. The van der Waals surface area contributed by atoms with Gasteiger partial charge in [0.1, 0.15) is 6.34 Å². The number of nitrogens with two attached hydrogens (primary N) is 1. The topological polar surface area (TPSA) is 220 Å². The van der Waals surface area contributed by atoms with Crippen molar-refractivity contribution in [2.75, 3.05) is 18.2 Å². The maximum absolute atomic E-state index is 13.1. The number of nitrogens with one attached hydrogen (secondary N) is 3. The van der Waals surface area contributed by atoms with E-state index >= 15 is 0 Å². The summed E-state index contributed by atoms with van der Waals surface area (Å²) < 4.78 is 20.0. The molecule has 0 saturated carbocycles. The van der Waals surface area contributed by atoms with Crippen LogP contribution in [-0.2, 0) is 13.8 Å².